The van der Waals surface area contributed by atoms with Crippen LogP contribution >= 0.6 is 0 Å². The van der Waals surface area contributed by atoms with Gasteiger partial charge in [-0.25, -0.2) is 4.39 Å². The van der Waals surface area contributed by atoms with Gasteiger partial charge in [-0.3, -0.25) is 4.55 Å². The summed E-state index contributed by atoms with van der Waals surface area (Å²) in [7, 11) is -4.02. The topological polar surface area (TPSA) is 75.6 Å². The minimum Gasteiger partial charge on any atom is -0.485 e. The highest BCUT2D eigenvalue weighted by atomic mass is 32.2. The lowest BCUT2D eigenvalue weighted by atomic mass is 10.1. The van der Waals surface area contributed by atoms with E-state index in [1.807, 2.05) is 13.0 Å². The van der Waals surface area contributed by atoms with Crippen molar-refractivity contribution in [2.24, 2.45) is 0 Å². The smallest absolute Gasteiger partial charge is 0.294 e. The zero-order valence-corrected chi connectivity index (χ0v) is 15.3. The largest absolute Gasteiger partial charge is 0.485 e. The Kier molecular flexibility index (Phi) is 5.60. The zero-order valence-electron chi connectivity index (χ0n) is 14.5. The maximum absolute atomic E-state index is 13.6. The fourth-order valence-corrected chi connectivity index (χ4v) is 3.00. The average molecular weight is 379 g/mol. The molecule has 4 rings (SSSR count). The Morgan fingerprint density at radius 2 is 1.77 bits per heavy atom. The molecule has 5 nitrogen and oxygen atoms in total. The molecule has 2 aromatic carbocycles. The van der Waals surface area contributed by atoms with Gasteiger partial charge >= 0.3 is 0 Å². The third-order valence-electron chi connectivity index (χ3n) is 4.36. The SMILES string of the molecule is Cc1ccc(S(=O)(=O)O)cc1.Fc1cc(C2CC2)ccc1OC1CNC1. The molecule has 1 saturated carbocycles. The van der Waals surface area contributed by atoms with Crippen LogP contribution in [0, 0.1) is 12.7 Å². The van der Waals surface area contributed by atoms with Gasteiger partial charge in [0.05, 0.1) is 4.90 Å². The second-order valence-electron chi connectivity index (χ2n) is 6.65. The number of nitrogens with one attached hydrogen (secondary N) is 1. The highest BCUT2D eigenvalue weighted by molar-refractivity contribution is 7.85. The maximum atomic E-state index is 13.6. The van der Waals surface area contributed by atoms with Gasteiger partial charge < -0.3 is 10.1 Å². The minimum absolute atomic E-state index is 0.0666. The van der Waals surface area contributed by atoms with E-state index < -0.39 is 10.1 Å². The third-order valence-corrected chi connectivity index (χ3v) is 5.23. The van der Waals surface area contributed by atoms with Crippen molar-refractivity contribution in [3.05, 3.63) is 59.4 Å². The quantitative estimate of drug-likeness (QED) is 0.798. The minimum atomic E-state index is -4.02. The van der Waals surface area contributed by atoms with E-state index in [0.29, 0.717) is 11.7 Å². The Bertz CT molecular complexity index is 860. The predicted octanol–water partition coefficient (Wildman–Crippen LogP) is 3.30. The van der Waals surface area contributed by atoms with E-state index in [4.69, 9.17) is 9.29 Å². The summed E-state index contributed by atoms with van der Waals surface area (Å²) in [6.45, 7) is 3.49. The van der Waals surface area contributed by atoms with Gasteiger partial charge in [-0.15, -0.1) is 0 Å². The summed E-state index contributed by atoms with van der Waals surface area (Å²) >= 11 is 0. The van der Waals surface area contributed by atoms with Crippen LogP contribution in [0.5, 0.6) is 5.75 Å². The van der Waals surface area contributed by atoms with Crippen molar-refractivity contribution in [1.29, 1.82) is 0 Å². The Labute approximate surface area is 152 Å². The Morgan fingerprint density at radius 3 is 2.23 bits per heavy atom. The van der Waals surface area contributed by atoms with Gasteiger partial charge in [0.2, 0.25) is 0 Å². The molecule has 0 bridgehead atoms. The molecule has 1 saturated heterocycles. The van der Waals surface area contributed by atoms with Crippen LogP contribution < -0.4 is 10.1 Å². The molecule has 0 atom stereocenters. The molecule has 2 N–H and O–H groups in total. The highest BCUT2D eigenvalue weighted by Crippen LogP contribution is 2.41. The van der Waals surface area contributed by atoms with Gasteiger partial charge in [-0.05, 0) is 55.5 Å². The first-order chi connectivity index (χ1) is 12.3. The lowest BCUT2D eigenvalue weighted by molar-refractivity contribution is 0.136. The molecule has 0 radical (unpaired) electrons. The van der Waals surface area contributed by atoms with Crippen molar-refractivity contribution < 1.29 is 22.1 Å². The highest BCUT2D eigenvalue weighted by Gasteiger charge is 2.25. The molecule has 1 aliphatic carbocycles. The monoisotopic (exact) mass is 379 g/mol. The average Bonchev–Trinajstić information content (AvgIpc) is 3.37. The predicted molar refractivity (Wildman–Crippen MR) is 96.7 cm³/mol. The summed E-state index contributed by atoms with van der Waals surface area (Å²) in [6, 6.07) is 11.4. The van der Waals surface area contributed by atoms with Crippen LogP contribution in [0.25, 0.3) is 0 Å². The first-order valence-corrected chi connectivity index (χ1v) is 9.98. The van der Waals surface area contributed by atoms with Crippen LogP contribution in [0.2, 0.25) is 0 Å². The van der Waals surface area contributed by atoms with Gasteiger partial charge in [0.1, 0.15) is 6.10 Å². The van der Waals surface area contributed by atoms with E-state index in [1.165, 1.54) is 25.0 Å². The number of halogens is 1. The molecule has 1 aliphatic heterocycles. The van der Waals surface area contributed by atoms with Crippen molar-refractivity contribution in [3.63, 3.8) is 0 Å². The molecular weight excluding hydrogens is 357 g/mol. The molecule has 0 aromatic heterocycles. The molecule has 2 aliphatic rings. The molecule has 1 heterocycles. The number of aryl methyl sites for hydroxylation is 1. The molecule has 140 valence electrons. The summed E-state index contributed by atoms with van der Waals surface area (Å²) in [5.41, 5.74) is 2.07. The van der Waals surface area contributed by atoms with Crippen molar-refractivity contribution in [3.8, 4) is 5.75 Å². The number of ether oxygens (including phenoxy) is 1. The summed E-state index contributed by atoms with van der Waals surface area (Å²) in [5, 5.41) is 3.09. The van der Waals surface area contributed by atoms with E-state index in [1.54, 1.807) is 24.3 Å². The molecule has 26 heavy (non-hydrogen) atoms. The number of hydrogen-bond acceptors (Lipinski definition) is 4. The van der Waals surface area contributed by atoms with Crippen LogP contribution in [0.3, 0.4) is 0 Å². The molecule has 7 heteroatoms. The third kappa shape index (κ3) is 5.03. The first-order valence-electron chi connectivity index (χ1n) is 8.54. The zero-order chi connectivity index (χ0) is 18.7. The van der Waals surface area contributed by atoms with Crippen LogP contribution in [0.4, 0.5) is 4.39 Å². The van der Waals surface area contributed by atoms with Crippen molar-refractivity contribution in [1.82, 2.24) is 5.32 Å². The maximum Gasteiger partial charge on any atom is 0.294 e. The standard InChI is InChI=1S/C12H14FNO.C7H8O3S/c13-11-5-9(8-1-2-8)3-4-12(11)15-10-6-14-7-10;1-6-2-4-7(5-3-6)11(8,9)10/h3-5,8,10,14H,1-2,6-7H2;2-5H,1H3,(H,8,9,10). The van der Waals surface area contributed by atoms with Crippen molar-refractivity contribution >= 4 is 10.1 Å². The van der Waals surface area contributed by atoms with Gasteiger partial charge in [0.25, 0.3) is 10.1 Å². The fraction of sp³-hybridized carbons (Fsp3) is 0.368. The Hall–Kier alpha value is -1.96. The van der Waals surface area contributed by atoms with E-state index in [-0.39, 0.29) is 16.8 Å². The fourth-order valence-electron chi connectivity index (χ4n) is 2.52. The number of benzene rings is 2. The Balaban J connectivity index is 0.000000160. The van der Waals surface area contributed by atoms with E-state index in [2.05, 4.69) is 5.32 Å². The Morgan fingerprint density at radius 1 is 1.12 bits per heavy atom. The molecule has 0 amide bonds. The van der Waals surface area contributed by atoms with Crippen LogP contribution in [0.1, 0.15) is 29.9 Å². The lowest BCUT2D eigenvalue weighted by Crippen LogP contribution is -2.50. The summed E-state index contributed by atoms with van der Waals surface area (Å²) < 4.78 is 48.7. The summed E-state index contributed by atoms with van der Waals surface area (Å²) in [4.78, 5) is -0.0666. The van der Waals surface area contributed by atoms with Crippen molar-refractivity contribution in [2.45, 2.75) is 36.7 Å². The van der Waals surface area contributed by atoms with E-state index in [0.717, 1.165) is 24.2 Å². The number of rotatable bonds is 4. The van der Waals surface area contributed by atoms with E-state index in [9.17, 15) is 12.8 Å². The van der Waals surface area contributed by atoms with Crippen LogP contribution in [-0.2, 0) is 10.1 Å². The molecule has 0 spiro atoms. The van der Waals surface area contributed by atoms with E-state index >= 15 is 0 Å². The second-order valence-corrected chi connectivity index (χ2v) is 8.07. The molecular formula is C19H22FNO4S. The number of hydrogen-bond donors (Lipinski definition) is 2. The van der Waals surface area contributed by atoms with Gasteiger partial charge in [-0.2, -0.15) is 8.42 Å². The van der Waals surface area contributed by atoms with Crippen LogP contribution in [0.15, 0.2) is 47.4 Å². The molecule has 2 aromatic rings. The van der Waals surface area contributed by atoms with Gasteiger partial charge in [0, 0.05) is 13.1 Å². The molecule has 0 unspecified atom stereocenters. The van der Waals surface area contributed by atoms with Crippen LogP contribution in [-0.4, -0.2) is 32.2 Å². The molecule has 2 fully saturated rings. The normalized spacial score (nSPS) is 17.0. The second kappa shape index (κ2) is 7.73. The van der Waals surface area contributed by atoms with Gasteiger partial charge in [-0.1, -0.05) is 23.8 Å². The first kappa shape index (κ1) is 18.8. The van der Waals surface area contributed by atoms with Crippen molar-refractivity contribution in [2.75, 3.05) is 13.1 Å². The summed E-state index contributed by atoms with van der Waals surface area (Å²) in [5.74, 6) is 0.774. The van der Waals surface area contributed by atoms with Gasteiger partial charge in [0.15, 0.2) is 11.6 Å². The summed E-state index contributed by atoms with van der Waals surface area (Å²) in [6.07, 6.45) is 2.55. The lowest BCUT2D eigenvalue weighted by Gasteiger charge is -2.28.